The fourth-order valence-electron chi connectivity index (χ4n) is 6.28. The molecule has 0 amide bonds. The highest BCUT2D eigenvalue weighted by Crippen LogP contribution is 2.24. The Morgan fingerprint density at radius 3 is 0.917 bits per heavy atom. The van der Waals surface area contributed by atoms with Crippen LogP contribution in [0.25, 0.3) is 0 Å². The van der Waals surface area contributed by atoms with Gasteiger partial charge in [-0.3, -0.25) is 0 Å². The van der Waals surface area contributed by atoms with Crippen LogP contribution in [0, 0.1) is 0 Å². The van der Waals surface area contributed by atoms with Crippen LogP contribution in [-0.4, -0.2) is 87.5 Å². The van der Waals surface area contributed by atoms with Crippen molar-refractivity contribution in [2.45, 2.75) is 227 Å². The lowest BCUT2D eigenvalue weighted by Crippen LogP contribution is -2.29. The Morgan fingerprint density at radius 1 is 0.458 bits per heavy atom. The molecule has 2 atom stereocenters. The van der Waals surface area contributed by atoms with Crippen LogP contribution in [0.4, 0.5) is 0 Å². The Bertz CT molecular complexity index is 579. The summed E-state index contributed by atoms with van der Waals surface area (Å²) in [5.74, 6) is 0. The summed E-state index contributed by atoms with van der Waals surface area (Å²) in [6, 6.07) is 0. The molecule has 2 unspecified atom stereocenters. The molecule has 2 aliphatic heterocycles. The van der Waals surface area contributed by atoms with Crippen LogP contribution in [0.2, 0.25) is 0 Å². The molecule has 0 aromatic rings. The zero-order valence-electron chi connectivity index (χ0n) is 30.7. The molecule has 4 saturated carbocycles. The van der Waals surface area contributed by atoms with E-state index in [9.17, 15) is 5.11 Å². The first-order valence-corrected chi connectivity index (χ1v) is 19.9. The molecule has 2 saturated heterocycles. The van der Waals surface area contributed by atoms with Crippen LogP contribution in [0.1, 0.15) is 184 Å². The van der Waals surface area contributed by atoms with Gasteiger partial charge in [-0.15, -0.1) is 0 Å². The molecule has 4 aliphatic carbocycles. The summed E-state index contributed by atoms with van der Waals surface area (Å²) in [7, 11) is 0. The van der Waals surface area contributed by atoms with E-state index in [0.717, 1.165) is 52.1 Å². The second-order valence-corrected chi connectivity index (χ2v) is 14.4. The van der Waals surface area contributed by atoms with Crippen LogP contribution in [0.5, 0.6) is 0 Å². The zero-order chi connectivity index (χ0) is 33.1. The smallest absolute Gasteiger partial charge is 0.104 e. The highest BCUT2D eigenvalue weighted by Gasteiger charge is 2.25. The van der Waals surface area contributed by atoms with Crippen molar-refractivity contribution in [2.75, 3.05) is 39.6 Å². The predicted octanol–water partition coefficient (Wildman–Crippen LogP) is 10.6. The minimum absolute atomic E-state index is 0. The van der Waals surface area contributed by atoms with Gasteiger partial charge in [0, 0.05) is 0 Å². The highest BCUT2D eigenvalue weighted by molar-refractivity contribution is 4.72. The van der Waals surface area contributed by atoms with Crippen molar-refractivity contribution in [2.24, 2.45) is 0 Å². The van der Waals surface area contributed by atoms with E-state index in [1.54, 1.807) is 0 Å². The van der Waals surface area contributed by atoms with Gasteiger partial charge in [-0.2, -0.15) is 0 Å². The molecule has 7 nitrogen and oxygen atoms in total. The molecule has 0 radical (unpaired) electrons. The first-order valence-electron chi connectivity index (χ1n) is 19.9. The maximum Gasteiger partial charge on any atom is 0.104 e. The van der Waals surface area contributed by atoms with Crippen molar-refractivity contribution in [3.63, 3.8) is 0 Å². The van der Waals surface area contributed by atoms with Crippen molar-refractivity contribution in [1.82, 2.24) is 0 Å². The molecule has 7 heteroatoms. The quantitative estimate of drug-likeness (QED) is 0.204. The summed E-state index contributed by atoms with van der Waals surface area (Å²) >= 11 is 0. The molecule has 0 aromatic heterocycles. The van der Waals surface area contributed by atoms with Crippen LogP contribution in [0.15, 0.2) is 0 Å². The number of ether oxygens (including phenoxy) is 6. The van der Waals surface area contributed by atoms with Crippen molar-refractivity contribution >= 4 is 0 Å². The number of hydrogen-bond donors (Lipinski definition) is 1. The maximum absolute atomic E-state index is 9.86. The van der Waals surface area contributed by atoms with E-state index >= 15 is 0 Å². The van der Waals surface area contributed by atoms with Gasteiger partial charge in [-0.05, 0) is 51.4 Å². The molecular formula is C41H84O7. The topological polar surface area (TPSA) is 82.2 Å². The van der Waals surface area contributed by atoms with E-state index in [-0.39, 0.29) is 14.9 Å². The standard InChI is InChI=1S/C15H28O3.2C9H16O2.2C3H8.2CH4/c16-13(11-17-14-7-3-1-4-8-14)12-18-15-9-5-2-6-10-15;2*1-2-4-8(5-3-1)10-6-9-7-11-9;2*1-3-2;;/h13-16H,1-12H2;2*8-9H,1-7H2;2*3H2,1-2H3;2*1H4. The third-order valence-electron chi connectivity index (χ3n) is 9.10. The van der Waals surface area contributed by atoms with Gasteiger partial charge in [-0.1, -0.05) is 132 Å². The molecule has 48 heavy (non-hydrogen) atoms. The van der Waals surface area contributed by atoms with E-state index in [0.29, 0.717) is 49.8 Å². The molecule has 0 aromatic carbocycles. The van der Waals surface area contributed by atoms with E-state index in [4.69, 9.17) is 28.4 Å². The highest BCUT2D eigenvalue weighted by atomic mass is 16.6. The predicted molar refractivity (Wildman–Crippen MR) is 202 cm³/mol. The lowest BCUT2D eigenvalue weighted by Gasteiger charge is -2.25. The Hall–Kier alpha value is -0.280. The summed E-state index contributed by atoms with van der Waals surface area (Å²) in [6.07, 6.45) is 30.5. The number of aliphatic hydroxyl groups is 1. The minimum atomic E-state index is -0.450. The summed E-state index contributed by atoms with van der Waals surface area (Å²) in [6.45, 7) is 12.9. The lowest BCUT2D eigenvalue weighted by atomic mass is 9.98. The van der Waals surface area contributed by atoms with Crippen LogP contribution < -0.4 is 0 Å². The van der Waals surface area contributed by atoms with Crippen molar-refractivity contribution in [1.29, 1.82) is 0 Å². The molecule has 2 heterocycles. The van der Waals surface area contributed by atoms with Crippen molar-refractivity contribution < 1.29 is 33.5 Å². The number of epoxide rings is 2. The maximum atomic E-state index is 9.86. The first-order chi connectivity index (χ1) is 22.6. The number of aliphatic hydroxyl groups excluding tert-OH is 1. The molecule has 6 rings (SSSR count). The zero-order valence-corrected chi connectivity index (χ0v) is 30.7. The van der Waals surface area contributed by atoms with Gasteiger partial charge < -0.3 is 33.5 Å². The fourth-order valence-corrected chi connectivity index (χ4v) is 6.28. The van der Waals surface area contributed by atoms with Crippen molar-refractivity contribution in [3.8, 4) is 0 Å². The van der Waals surface area contributed by atoms with Gasteiger partial charge in [-0.25, -0.2) is 0 Å². The number of hydrogen-bond acceptors (Lipinski definition) is 7. The Balaban J connectivity index is 0.000000644. The molecule has 290 valence electrons. The van der Waals surface area contributed by atoms with Gasteiger partial charge in [0.1, 0.15) is 18.3 Å². The van der Waals surface area contributed by atoms with Gasteiger partial charge in [0.05, 0.1) is 64.1 Å². The van der Waals surface area contributed by atoms with E-state index in [2.05, 4.69) is 27.7 Å². The van der Waals surface area contributed by atoms with E-state index < -0.39 is 6.10 Å². The average Bonchev–Trinajstić information content (AvgIpc) is 4.04. The van der Waals surface area contributed by atoms with E-state index in [1.807, 2.05) is 0 Å². The van der Waals surface area contributed by atoms with Crippen LogP contribution >= 0.6 is 0 Å². The summed E-state index contributed by atoms with van der Waals surface area (Å²) < 4.78 is 33.0. The molecular weight excluding hydrogens is 604 g/mol. The van der Waals surface area contributed by atoms with Gasteiger partial charge in [0.15, 0.2) is 0 Å². The van der Waals surface area contributed by atoms with Crippen molar-refractivity contribution in [3.05, 3.63) is 0 Å². The summed E-state index contributed by atoms with van der Waals surface area (Å²) in [5.41, 5.74) is 0. The third kappa shape index (κ3) is 27.4. The monoisotopic (exact) mass is 689 g/mol. The van der Waals surface area contributed by atoms with Gasteiger partial charge in [0.2, 0.25) is 0 Å². The Labute approximate surface area is 299 Å². The Morgan fingerprint density at radius 2 is 0.688 bits per heavy atom. The average molecular weight is 689 g/mol. The Kier molecular flexibility index (Phi) is 32.4. The second-order valence-electron chi connectivity index (χ2n) is 14.4. The third-order valence-corrected chi connectivity index (χ3v) is 9.10. The molecule has 0 spiro atoms. The van der Waals surface area contributed by atoms with Gasteiger partial charge in [0.25, 0.3) is 0 Å². The number of rotatable bonds is 12. The largest absolute Gasteiger partial charge is 0.388 e. The summed E-state index contributed by atoms with van der Waals surface area (Å²) in [5, 5.41) is 9.86. The summed E-state index contributed by atoms with van der Waals surface area (Å²) in [4.78, 5) is 0. The molecule has 6 fully saturated rings. The van der Waals surface area contributed by atoms with Crippen LogP contribution in [-0.2, 0) is 28.4 Å². The first kappa shape index (κ1) is 47.7. The van der Waals surface area contributed by atoms with E-state index in [1.165, 1.54) is 116 Å². The van der Waals surface area contributed by atoms with Gasteiger partial charge >= 0.3 is 0 Å². The fraction of sp³-hybridized carbons (Fsp3) is 1.00. The minimum Gasteiger partial charge on any atom is -0.388 e. The second kappa shape index (κ2) is 32.6. The SMILES string of the molecule is C.C.C1CCC(OCC2CO2)CC1.C1CCC(OCC2CO2)CC1.CCC.CCC.OC(COC1CCCCC1)COC1CCCCC1. The molecule has 6 aliphatic rings. The molecule has 0 bridgehead atoms. The lowest BCUT2D eigenvalue weighted by molar-refractivity contribution is -0.0731. The normalized spacial score (nSPS) is 24.4. The van der Waals surface area contributed by atoms with Crippen LogP contribution in [0.3, 0.4) is 0 Å². The molecule has 1 N–H and O–H groups in total.